The number of rotatable bonds is 7. The van der Waals surface area contributed by atoms with Crippen LogP contribution in [-0.4, -0.2) is 33.7 Å². The van der Waals surface area contributed by atoms with Gasteiger partial charge in [0.1, 0.15) is 12.2 Å². The molecule has 0 bridgehead atoms. The molecular weight excluding hydrogens is 346 g/mol. The number of unbranched alkanes of at least 4 members (excludes halogenated alkanes) is 1. The van der Waals surface area contributed by atoms with Crippen molar-refractivity contribution in [2.24, 2.45) is 0 Å². The van der Waals surface area contributed by atoms with Crippen molar-refractivity contribution in [2.75, 3.05) is 13.1 Å². The fourth-order valence-corrected chi connectivity index (χ4v) is 3.70. The van der Waals surface area contributed by atoms with E-state index in [0.717, 1.165) is 28.8 Å². The Bertz CT molecular complexity index is 947. The van der Waals surface area contributed by atoms with Gasteiger partial charge in [-0.3, -0.25) is 9.59 Å². The van der Waals surface area contributed by atoms with Crippen molar-refractivity contribution in [3.05, 3.63) is 52.1 Å². The van der Waals surface area contributed by atoms with Crippen LogP contribution in [0.3, 0.4) is 0 Å². The zero-order valence-electron chi connectivity index (χ0n) is 15.1. The van der Waals surface area contributed by atoms with E-state index in [1.807, 2.05) is 42.6 Å². The molecule has 1 aromatic carbocycles. The quantitative estimate of drug-likeness (QED) is 0.637. The lowest BCUT2D eigenvalue weighted by Gasteiger charge is -2.21. The Morgan fingerprint density at radius 2 is 1.92 bits per heavy atom. The first-order chi connectivity index (χ1) is 12.7. The smallest absolute Gasteiger partial charge is 0.275 e. The lowest BCUT2D eigenvalue weighted by atomic mass is 10.1. The van der Waals surface area contributed by atoms with Crippen LogP contribution in [-0.2, 0) is 11.3 Å². The Labute approximate surface area is 156 Å². The van der Waals surface area contributed by atoms with Gasteiger partial charge in [0.25, 0.3) is 5.56 Å². The molecule has 0 fully saturated rings. The maximum atomic E-state index is 12.8. The van der Waals surface area contributed by atoms with Crippen LogP contribution in [0, 0.1) is 0 Å². The van der Waals surface area contributed by atoms with Crippen LogP contribution < -0.4 is 5.56 Å². The highest BCUT2D eigenvalue weighted by Gasteiger charge is 2.17. The highest BCUT2D eigenvalue weighted by atomic mass is 32.1. The zero-order valence-corrected chi connectivity index (χ0v) is 16.0. The van der Waals surface area contributed by atoms with Crippen LogP contribution in [0.4, 0.5) is 0 Å². The molecule has 0 atom stereocenters. The number of fused-ring (bicyclic) bond motifs is 1. The summed E-state index contributed by atoms with van der Waals surface area (Å²) in [5.74, 6) is -0.0667. The molecule has 136 valence electrons. The molecule has 6 heteroatoms. The molecule has 2 aromatic heterocycles. The van der Waals surface area contributed by atoms with E-state index in [-0.39, 0.29) is 18.0 Å². The van der Waals surface area contributed by atoms with E-state index in [1.54, 1.807) is 22.3 Å². The number of thiophene rings is 1. The highest BCUT2D eigenvalue weighted by Crippen LogP contribution is 2.28. The fraction of sp³-hybridized carbons (Fsp3) is 0.350. The summed E-state index contributed by atoms with van der Waals surface area (Å²) in [6.07, 6.45) is 1.99. The van der Waals surface area contributed by atoms with Crippen LogP contribution in [0.2, 0.25) is 0 Å². The molecule has 5 nitrogen and oxygen atoms in total. The van der Waals surface area contributed by atoms with Crippen molar-refractivity contribution in [3.8, 4) is 10.6 Å². The standard InChI is InChI=1S/C20H23N3O2S/c1-3-5-12-22(4-2)18(24)14-23-20(25)16-10-7-6-9-15(16)19(21-23)17-11-8-13-26-17/h6-11,13H,3-5,12,14H2,1-2H3. The number of likely N-dealkylation sites (N-methyl/N-ethyl adjacent to an activating group) is 1. The van der Waals surface area contributed by atoms with Crippen molar-refractivity contribution in [1.82, 2.24) is 14.7 Å². The van der Waals surface area contributed by atoms with E-state index >= 15 is 0 Å². The van der Waals surface area contributed by atoms with Crippen LogP contribution in [0.1, 0.15) is 26.7 Å². The van der Waals surface area contributed by atoms with Gasteiger partial charge in [-0.2, -0.15) is 5.10 Å². The molecule has 3 aromatic rings. The maximum absolute atomic E-state index is 12.8. The molecule has 0 radical (unpaired) electrons. The third-order valence-corrected chi connectivity index (χ3v) is 5.30. The van der Waals surface area contributed by atoms with Gasteiger partial charge in [-0.25, -0.2) is 4.68 Å². The summed E-state index contributed by atoms with van der Waals surface area (Å²) in [7, 11) is 0. The van der Waals surface area contributed by atoms with Crippen molar-refractivity contribution >= 4 is 28.0 Å². The summed E-state index contributed by atoms with van der Waals surface area (Å²) < 4.78 is 1.31. The first-order valence-corrected chi connectivity index (χ1v) is 9.85. The van der Waals surface area contributed by atoms with Gasteiger partial charge in [0.15, 0.2) is 0 Å². The summed E-state index contributed by atoms with van der Waals surface area (Å²) in [6, 6.07) is 11.4. The van der Waals surface area contributed by atoms with Gasteiger partial charge in [0.2, 0.25) is 5.91 Å². The van der Waals surface area contributed by atoms with E-state index in [9.17, 15) is 9.59 Å². The van der Waals surface area contributed by atoms with Gasteiger partial charge in [-0.1, -0.05) is 37.6 Å². The Morgan fingerprint density at radius 3 is 2.58 bits per heavy atom. The Kier molecular flexibility index (Phi) is 5.83. The summed E-state index contributed by atoms with van der Waals surface area (Å²) in [6.45, 7) is 5.38. The van der Waals surface area contributed by atoms with Gasteiger partial charge in [0, 0.05) is 18.5 Å². The molecule has 3 rings (SSSR count). The minimum atomic E-state index is -0.221. The van der Waals surface area contributed by atoms with Crippen molar-refractivity contribution in [3.63, 3.8) is 0 Å². The average molecular weight is 369 g/mol. The van der Waals surface area contributed by atoms with Gasteiger partial charge in [-0.05, 0) is 30.9 Å². The number of benzene rings is 1. The second-order valence-electron chi connectivity index (χ2n) is 6.16. The van der Waals surface area contributed by atoms with E-state index in [2.05, 4.69) is 12.0 Å². The summed E-state index contributed by atoms with van der Waals surface area (Å²) in [5.41, 5.74) is 0.528. The van der Waals surface area contributed by atoms with Crippen LogP contribution in [0.5, 0.6) is 0 Å². The molecule has 0 aliphatic carbocycles. The van der Waals surface area contributed by atoms with Crippen molar-refractivity contribution in [2.45, 2.75) is 33.2 Å². The molecule has 0 N–H and O–H groups in total. The third kappa shape index (κ3) is 3.70. The first-order valence-electron chi connectivity index (χ1n) is 8.97. The molecule has 0 saturated heterocycles. The monoisotopic (exact) mass is 369 g/mol. The molecule has 26 heavy (non-hydrogen) atoms. The van der Waals surface area contributed by atoms with Crippen LogP contribution >= 0.6 is 11.3 Å². The predicted octanol–water partition coefficient (Wildman–Crippen LogP) is 3.77. The number of amides is 1. The maximum Gasteiger partial charge on any atom is 0.275 e. The molecule has 0 aliphatic heterocycles. The molecule has 0 unspecified atom stereocenters. The van der Waals surface area contributed by atoms with Crippen molar-refractivity contribution < 1.29 is 4.79 Å². The fourth-order valence-electron chi connectivity index (χ4n) is 2.97. The molecular formula is C20H23N3O2S. The van der Waals surface area contributed by atoms with E-state index in [4.69, 9.17) is 0 Å². The number of nitrogens with zero attached hydrogens (tertiary/aromatic N) is 3. The minimum absolute atomic E-state index is 0.0282. The topological polar surface area (TPSA) is 55.2 Å². The third-order valence-electron chi connectivity index (χ3n) is 4.42. The minimum Gasteiger partial charge on any atom is -0.341 e. The average Bonchev–Trinajstić information content (AvgIpc) is 3.19. The lowest BCUT2D eigenvalue weighted by Crippen LogP contribution is -2.38. The Hall–Kier alpha value is -2.47. The Morgan fingerprint density at radius 1 is 1.15 bits per heavy atom. The Balaban J connectivity index is 2.02. The predicted molar refractivity (Wildman–Crippen MR) is 106 cm³/mol. The first kappa shape index (κ1) is 18.3. The van der Waals surface area contributed by atoms with E-state index in [0.29, 0.717) is 18.5 Å². The number of aromatic nitrogens is 2. The molecule has 0 spiro atoms. The number of hydrogen-bond donors (Lipinski definition) is 0. The van der Waals surface area contributed by atoms with E-state index < -0.39 is 0 Å². The molecule has 0 aliphatic rings. The van der Waals surface area contributed by atoms with Gasteiger partial charge < -0.3 is 4.90 Å². The molecule has 2 heterocycles. The molecule has 0 saturated carbocycles. The highest BCUT2D eigenvalue weighted by molar-refractivity contribution is 7.13. The number of carbonyl (C=O) groups excluding carboxylic acids is 1. The largest absolute Gasteiger partial charge is 0.341 e. The van der Waals surface area contributed by atoms with Gasteiger partial charge >= 0.3 is 0 Å². The van der Waals surface area contributed by atoms with Gasteiger partial charge in [0.05, 0.1) is 10.3 Å². The second-order valence-corrected chi connectivity index (χ2v) is 7.11. The second kappa shape index (κ2) is 8.27. The summed E-state index contributed by atoms with van der Waals surface area (Å²) >= 11 is 1.57. The lowest BCUT2D eigenvalue weighted by molar-refractivity contribution is -0.132. The summed E-state index contributed by atoms with van der Waals surface area (Å²) in [4.78, 5) is 28.3. The van der Waals surface area contributed by atoms with Crippen LogP contribution in [0.25, 0.3) is 21.3 Å². The SMILES string of the molecule is CCCCN(CC)C(=O)Cn1nc(-c2cccs2)c2ccccc2c1=O. The van der Waals surface area contributed by atoms with Crippen molar-refractivity contribution in [1.29, 1.82) is 0 Å². The van der Waals surface area contributed by atoms with Crippen LogP contribution in [0.15, 0.2) is 46.6 Å². The zero-order chi connectivity index (χ0) is 18.5. The van der Waals surface area contributed by atoms with E-state index in [1.165, 1.54) is 4.68 Å². The molecule has 1 amide bonds. The summed E-state index contributed by atoms with van der Waals surface area (Å²) in [5, 5.41) is 7.94. The normalized spacial score (nSPS) is 11.0. The number of hydrogen-bond acceptors (Lipinski definition) is 4. The number of carbonyl (C=O) groups is 1. The van der Waals surface area contributed by atoms with Gasteiger partial charge in [-0.15, -0.1) is 11.3 Å².